The first-order valence-corrected chi connectivity index (χ1v) is 7.35. The molecule has 0 atom stereocenters. The van der Waals surface area contributed by atoms with E-state index in [9.17, 15) is 9.90 Å². The molecule has 0 aliphatic heterocycles. The zero-order chi connectivity index (χ0) is 15.2. The molecule has 0 spiro atoms. The van der Waals surface area contributed by atoms with Gasteiger partial charge < -0.3 is 10.4 Å². The van der Waals surface area contributed by atoms with Gasteiger partial charge in [-0.2, -0.15) is 5.10 Å². The molecule has 5 heteroatoms. The largest absolute Gasteiger partial charge is 0.396 e. The molecule has 114 valence electrons. The summed E-state index contributed by atoms with van der Waals surface area (Å²) in [4.78, 5) is 11.9. The van der Waals surface area contributed by atoms with Gasteiger partial charge in [-0.3, -0.25) is 9.48 Å². The number of hydrogen-bond donors (Lipinski definition) is 2. The van der Waals surface area contributed by atoms with E-state index in [1.807, 2.05) is 38.4 Å². The van der Waals surface area contributed by atoms with Crippen molar-refractivity contribution in [3.63, 3.8) is 0 Å². The van der Waals surface area contributed by atoms with Gasteiger partial charge in [0, 0.05) is 30.6 Å². The van der Waals surface area contributed by atoms with E-state index in [2.05, 4.69) is 10.4 Å². The summed E-state index contributed by atoms with van der Waals surface area (Å²) < 4.78 is 1.86. The maximum atomic E-state index is 11.9. The van der Waals surface area contributed by atoms with Gasteiger partial charge in [0.25, 0.3) is 0 Å². The van der Waals surface area contributed by atoms with E-state index >= 15 is 0 Å². The fourth-order valence-corrected chi connectivity index (χ4v) is 2.26. The summed E-state index contributed by atoms with van der Waals surface area (Å²) in [7, 11) is 0. The molecule has 0 aliphatic rings. The second kappa shape index (κ2) is 7.43. The van der Waals surface area contributed by atoms with Gasteiger partial charge in [-0.05, 0) is 32.8 Å². The second-order valence-electron chi connectivity index (χ2n) is 5.54. The summed E-state index contributed by atoms with van der Waals surface area (Å²) in [6, 6.07) is 2.00. The Labute approximate surface area is 121 Å². The van der Waals surface area contributed by atoms with Crippen molar-refractivity contribution in [1.29, 1.82) is 0 Å². The highest BCUT2D eigenvalue weighted by molar-refractivity contribution is 5.75. The van der Waals surface area contributed by atoms with Crippen molar-refractivity contribution in [1.82, 2.24) is 15.1 Å². The van der Waals surface area contributed by atoms with Gasteiger partial charge in [-0.1, -0.05) is 13.8 Å². The highest BCUT2D eigenvalue weighted by Crippen LogP contribution is 2.24. The van der Waals surface area contributed by atoms with Crippen LogP contribution in [0.2, 0.25) is 0 Å². The predicted molar refractivity (Wildman–Crippen MR) is 79.4 cm³/mol. The van der Waals surface area contributed by atoms with Crippen LogP contribution in [0, 0.1) is 19.3 Å². The van der Waals surface area contributed by atoms with Crippen LogP contribution in [0.3, 0.4) is 0 Å². The Bertz CT molecular complexity index is 428. The smallest absolute Gasteiger partial charge is 0.221 e. The number of aromatic nitrogens is 2. The number of nitrogens with zero attached hydrogens (tertiary/aromatic N) is 2. The van der Waals surface area contributed by atoms with Crippen LogP contribution in [0.25, 0.3) is 0 Å². The monoisotopic (exact) mass is 281 g/mol. The highest BCUT2D eigenvalue weighted by atomic mass is 16.3. The van der Waals surface area contributed by atoms with Gasteiger partial charge in [0.05, 0.1) is 12.3 Å². The van der Waals surface area contributed by atoms with Gasteiger partial charge in [-0.15, -0.1) is 0 Å². The third kappa shape index (κ3) is 4.34. The third-order valence-electron chi connectivity index (χ3n) is 4.15. The zero-order valence-electron chi connectivity index (χ0n) is 13.1. The van der Waals surface area contributed by atoms with Crippen LogP contribution in [-0.4, -0.2) is 33.9 Å². The van der Waals surface area contributed by atoms with Crippen molar-refractivity contribution < 1.29 is 9.90 Å². The van der Waals surface area contributed by atoms with E-state index in [1.54, 1.807) is 0 Å². The molecule has 20 heavy (non-hydrogen) atoms. The van der Waals surface area contributed by atoms with Gasteiger partial charge in [0.1, 0.15) is 0 Å². The molecule has 0 unspecified atom stereocenters. The molecule has 1 aromatic heterocycles. The lowest BCUT2D eigenvalue weighted by molar-refractivity contribution is -0.122. The Balaban J connectivity index is 2.42. The number of hydrogen-bond acceptors (Lipinski definition) is 3. The van der Waals surface area contributed by atoms with Crippen LogP contribution < -0.4 is 5.32 Å². The maximum absolute atomic E-state index is 11.9. The first kappa shape index (κ1) is 16.7. The summed E-state index contributed by atoms with van der Waals surface area (Å²) in [5, 5.41) is 16.7. The average molecular weight is 281 g/mol. The van der Waals surface area contributed by atoms with Crippen molar-refractivity contribution >= 4 is 5.91 Å². The second-order valence-corrected chi connectivity index (χ2v) is 5.54. The molecule has 0 aromatic carbocycles. The van der Waals surface area contributed by atoms with Gasteiger partial charge in [0.15, 0.2) is 0 Å². The summed E-state index contributed by atoms with van der Waals surface area (Å²) >= 11 is 0. The van der Waals surface area contributed by atoms with E-state index in [0.717, 1.165) is 24.2 Å². The number of amides is 1. The van der Waals surface area contributed by atoms with Gasteiger partial charge in [0.2, 0.25) is 5.91 Å². The third-order valence-corrected chi connectivity index (χ3v) is 4.15. The zero-order valence-corrected chi connectivity index (χ0v) is 13.1. The molecule has 5 nitrogen and oxygen atoms in total. The number of aryl methyl sites for hydroxylation is 3. The molecule has 1 rings (SSSR count). The minimum absolute atomic E-state index is 0.0114. The lowest BCUT2D eigenvalue weighted by Crippen LogP contribution is -2.39. The van der Waals surface area contributed by atoms with Crippen LogP contribution in [-0.2, 0) is 11.3 Å². The van der Waals surface area contributed by atoms with Crippen molar-refractivity contribution in [2.24, 2.45) is 5.41 Å². The van der Waals surface area contributed by atoms with Crippen LogP contribution in [0.15, 0.2) is 6.07 Å². The predicted octanol–water partition coefficient (Wildman–Crippen LogP) is 1.80. The standard InChI is InChI=1S/C15H27N3O2/c1-5-15(6-2,11-19)10-16-14(20)7-8-18-13(4)9-12(3)17-18/h9,19H,5-8,10-11H2,1-4H3,(H,16,20). The quantitative estimate of drug-likeness (QED) is 0.763. The van der Waals surface area contributed by atoms with Gasteiger partial charge >= 0.3 is 0 Å². The number of carbonyl (C=O) groups is 1. The molecule has 0 saturated carbocycles. The van der Waals surface area contributed by atoms with Crippen LogP contribution >= 0.6 is 0 Å². The molecule has 0 saturated heterocycles. The van der Waals surface area contributed by atoms with Crippen LogP contribution in [0.5, 0.6) is 0 Å². The molecular weight excluding hydrogens is 254 g/mol. The van der Waals surface area contributed by atoms with E-state index in [4.69, 9.17) is 0 Å². The fourth-order valence-electron chi connectivity index (χ4n) is 2.26. The number of rotatable bonds is 8. The Morgan fingerprint density at radius 1 is 1.40 bits per heavy atom. The normalized spacial score (nSPS) is 11.7. The van der Waals surface area contributed by atoms with Crippen LogP contribution in [0.1, 0.15) is 44.5 Å². The number of nitrogens with one attached hydrogen (secondary N) is 1. The van der Waals surface area contributed by atoms with Gasteiger partial charge in [-0.25, -0.2) is 0 Å². The first-order chi connectivity index (χ1) is 9.46. The molecule has 0 radical (unpaired) electrons. The number of aliphatic hydroxyl groups is 1. The Kier molecular flexibility index (Phi) is 6.20. The number of aliphatic hydroxyl groups excluding tert-OH is 1. The lowest BCUT2D eigenvalue weighted by Gasteiger charge is -2.29. The summed E-state index contributed by atoms with van der Waals surface area (Å²) in [5.74, 6) is 0.0114. The van der Waals surface area contributed by atoms with Crippen LogP contribution in [0.4, 0.5) is 0 Å². The van der Waals surface area contributed by atoms with Crippen molar-refractivity contribution in [2.45, 2.75) is 53.5 Å². The maximum Gasteiger partial charge on any atom is 0.221 e. The Morgan fingerprint density at radius 3 is 2.50 bits per heavy atom. The minimum Gasteiger partial charge on any atom is -0.396 e. The Morgan fingerprint density at radius 2 is 2.05 bits per heavy atom. The fraction of sp³-hybridized carbons (Fsp3) is 0.733. The SMILES string of the molecule is CCC(CC)(CO)CNC(=O)CCn1nc(C)cc1C. The summed E-state index contributed by atoms with van der Waals surface area (Å²) in [5.41, 5.74) is 1.86. The molecule has 1 heterocycles. The van der Waals surface area contributed by atoms with Crippen molar-refractivity contribution in [2.75, 3.05) is 13.2 Å². The molecule has 0 aliphatic carbocycles. The van der Waals surface area contributed by atoms with Crippen molar-refractivity contribution in [3.05, 3.63) is 17.5 Å². The Hall–Kier alpha value is -1.36. The highest BCUT2D eigenvalue weighted by Gasteiger charge is 2.25. The first-order valence-electron chi connectivity index (χ1n) is 7.35. The van der Waals surface area contributed by atoms with E-state index in [1.165, 1.54) is 0 Å². The lowest BCUT2D eigenvalue weighted by atomic mass is 9.83. The van der Waals surface area contributed by atoms with Crippen molar-refractivity contribution in [3.8, 4) is 0 Å². The minimum atomic E-state index is -0.187. The molecule has 1 amide bonds. The topological polar surface area (TPSA) is 67.2 Å². The molecule has 0 fully saturated rings. The summed E-state index contributed by atoms with van der Waals surface area (Å²) in [6.45, 7) is 9.26. The molecule has 2 N–H and O–H groups in total. The van der Waals surface area contributed by atoms with E-state index in [-0.39, 0.29) is 17.9 Å². The molecule has 0 bridgehead atoms. The summed E-state index contributed by atoms with van der Waals surface area (Å²) in [6.07, 6.45) is 2.13. The molecular formula is C15H27N3O2. The van der Waals surface area contributed by atoms with E-state index in [0.29, 0.717) is 19.5 Å². The number of carbonyl (C=O) groups excluding carboxylic acids is 1. The molecule has 1 aromatic rings. The average Bonchev–Trinajstić information content (AvgIpc) is 2.77. The van der Waals surface area contributed by atoms with E-state index < -0.39 is 0 Å².